The molecule has 1 saturated carbocycles. The van der Waals surface area contributed by atoms with Gasteiger partial charge in [0.25, 0.3) is 0 Å². The third-order valence-electron chi connectivity index (χ3n) is 4.21. The van der Waals surface area contributed by atoms with Gasteiger partial charge in [0.1, 0.15) is 0 Å². The first kappa shape index (κ1) is 14.6. The molecule has 1 N–H and O–H groups in total. The Labute approximate surface area is 118 Å². The molecule has 0 bridgehead atoms. The molecule has 1 aliphatic carbocycles. The fraction of sp³-hybridized carbons (Fsp3) is 0.667. The van der Waals surface area contributed by atoms with Crippen molar-refractivity contribution in [3.63, 3.8) is 0 Å². The lowest BCUT2D eigenvalue weighted by atomic mass is 9.96. The van der Waals surface area contributed by atoms with Crippen molar-refractivity contribution in [1.82, 2.24) is 5.32 Å². The molecule has 1 aromatic carbocycles. The number of hydrogen-bond acceptors (Lipinski definition) is 1. The second-order valence-electron chi connectivity index (χ2n) is 6.35. The molecule has 0 heterocycles. The molecule has 0 aromatic heterocycles. The van der Waals surface area contributed by atoms with Crippen LogP contribution in [0, 0.1) is 5.92 Å². The average Bonchev–Trinajstić information content (AvgIpc) is 3.23. The van der Waals surface area contributed by atoms with Crippen LogP contribution in [0.3, 0.4) is 0 Å². The predicted octanol–water partition coefficient (Wildman–Crippen LogP) is 5.04. The molecule has 106 valence electrons. The van der Waals surface area contributed by atoms with Crippen LogP contribution < -0.4 is 5.32 Å². The molecule has 0 saturated heterocycles. The molecule has 1 aliphatic rings. The van der Waals surface area contributed by atoms with Crippen molar-refractivity contribution in [2.24, 2.45) is 5.92 Å². The topological polar surface area (TPSA) is 12.0 Å². The molecule has 0 amide bonds. The Morgan fingerprint density at radius 2 is 1.74 bits per heavy atom. The quantitative estimate of drug-likeness (QED) is 0.689. The third kappa shape index (κ3) is 4.65. The minimum Gasteiger partial charge on any atom is -0.310 e. The Morgan fingerprint density at radius 3 is 2.26 bits per heavy atom. The summed E-state index contributed by atoms with van der Waals surface area (Å²) in [5.74, 6) is 1.66. The van der Waals surface area contributed by atoms with Crippen LogP contribution in [0.25, 0.3) is 0 Å². The van der Waals surface area contributed by atoms with E-state index >= 15 is 0 Å². The van der Waals surface area contributed by atoms with Gasteiger partial charge in [-0.15, -0.1) is 0 Å². The maximum atomic E-state index is 3.72. The second-order valence-corrected chi connectivity index (χ2v) is 6.35. The number of rotatable bonds is 8. The van der Waals surface area contributed by atoms with Crippen molar-refractivity contribution in [2.45, 2.75) is 64.8 Å². The number of benzene rings is 1. The van der Waals surface area contributed by atoms with Gasteiger partial charge in [0.2, 0.25) is 0 Å². The van der Waals surface area contributed by atoms with Crippen LogP contribution in [0.4, 0.5) is 0 Å². The Kier molecular flexibility index (Phi) is 5.45. The van der Waals surface area contributed by atoms with Gasteiger partial charge in [-0.05, 0) is 48.8 Å². The summed E-state index contributed by atoms with van der Waals surface area (Å²) in [6.07, 6.45) is 6.84. The Balaban J connectivity index is 1.97. The lowest BCUT2D eigenvalue weighted by Crippen LogP contribution is -2.22. The van der Waals surface area contributed by atoms with Gasteiger partial charge in [0.05, 0.1) is 0 Å². The zero-order chi connectivity index (χ0) is 13.7. The molecule has 1 aromatic rings. The molecular weight excluding hydrogens is 230 g/mol. The van der Waals surface area contributed by atoms with Crippen molar-refractivity contribution in [3.05, 3.63) is 35.4 Å². The zero-order valence-corrected chi connectivity index (χ0v) is 12.8. The van der Waals surface area contributed by atoms with Gasteiger partial charge in [0, 0.05) is 6.04 Å². The standard InChI is InChI=1S/C18H29N/c1-4-13-19-18(12-7-15-5-6-15)17-10-8-16(9-11-17)14(2)3/h8-11,14-15,18-19H,4-7,12-13H2,1-3H3. The summed E-state index contributed by atoms with van der Waals surface area (Å²) in [5, 5.41) is 3.72. The first-order chi connectivity index (χ1) is 9.20. The van der Waals surface area contributed by atoms with E-state index in [1.165, 1.54) is 43.2 Å². The maximum absolute atomic E-state index is 3.72. The summed E-state index contributed by atoms with van der Waals surface area (Å²) in [6.45, 7) is 7.89. The van der Waals surface area contributed by atoms with Crippen LogP contribution in [0.1, 0.15) is 76.0 Å². The maximum Gasteiger partial charge on any atom is 0.0320 e. The van der Waals surface area contributed by atoms with Crippen LogP contribution in [0.15, 0.2) is 24.3 Å². The minimum atomic E-state index is 0.557. The van der Waals surface area contributed by atoms with E-state index in [0.29, 0.717) is 12.0 Å². The summed E-state index contributed by atoms with van der Waals surface area (Å²) < 4.78 is 0. The van der Waals surface area contributed by atoms with Gasteiger partial charge in [-0.3, -0.25) is 0 Å². The van der Waals surface area contributed by atoms with E-state index in [4.69, 9.17) is 0 Å². The molecule has 0 aliphatic heterocycles. The summed E-state index contributed by atoms with van der Waals surface area (Å²) in [7, 11) is 0. The molecule has 0 radical (unpaired) electrons. The van der Waals surface area contributed by atoms with E-state index in [1.54, 1.807) is 0 Å². The molecule has 1 unspecified atom stereocenters. The smallest absolute Gasteiger partial charge is 0.0320 e. The van der Waals surface area contributed by atoms with Crippen molar-refractivity contribution in [1.29, 1.82) is 0 Å². The van der Waals surface area contributed by atoms with Gasteiger partial charge < -0.3 is 5.32 Å². The normalized spacial score (nSPS) is 16.8. The van der Waals surface area contributed by atoms with Gasteiger partial charge in [-0.25, -0.2) is 0 Å². The van der Waals surface area contributed by atoms with Crippen LogP contribution in [-0.4, -0.2) is 6.54 Å². The van der Waals surface area contributed by atoms with E-state index in [2.05, 4.69) is 50.4 Å². The minimum absolute atomic E-state index is 0.557. The Morgan fingerprint density at radius 1 is 1.11 bits per heavy atom. The first-order valence-corrected chi connectivity index (χ1v) is 8.04. The molecule has 0 spiro atoms. The average molecular weight is 259 g/mol. The number of nitrogens with one attached hydrogen (secondary N) is 1. The monoisotopic (exact) mass is 259 g/mol. The highest BCUT2D eigenvalue weighted by Gasteiger charge is 2.22. The van der Waals surface area contributed by atoms with E-state index in [1.807, 2.05) is 0 Å². The van der Waals surface area contributed by atoms with Crippen molar-refractivity contribution >= 4 is 0 Å². The summed E-state index contributed by atoms with van der Waals surface area (Å²) >= 11 is 0. The molecular formula is C18H29N. The Bertz CT molecular complexity index is 362. The van der Waals surface area contributed by atoms with Crippen LogP contribution in [0.5, 0.6) is 0 Å². The highest BCUT2D eigenvalue weighted by Crippen LogP contribution is 2.36. The van der Waals surface area contributed by atoms with Crippen LogP contribution in [0.2, 0.25) is 0 Å². The van der Waals surface area contributed by atoms with Gasteiger partial charge in [-0.2, -0.15) is 0 Å². The SMILES string of the molecule is CCCNC(CCC1CC1)c1ccc(C(C)C)cc1. The zero-order valence-electron chi connectivity index (χ0n) is 12.8. The highest BCUT2D eigenvalue weighted by atomic mass is 14.9. The molecule has 2 rings (SSSR count). The van der Waals surface area contributed by atoms with E-state index in [-0.39, 0.29) is 0 Å². The van der Waals surface area contributed by atoms with Crippen molar-refractivity contribution in [3.8, 4) is 0 Å². The second kappa shape index (κ2) is 7.09. The van der Waals surface area contributed by atoms with E-state index < -0.39 is 0 Å². The lowest BCUT2D eigenvalue weighted by Gasteiger charge is -2.19. The van der Waals surface area contributed by atoms with Crippen molar-refractivity contribution in [2.75, 3.05) is 6.54 Å². The summed E-state index contributed by atoms with van der Waals surface area (Å²) in [4.78, 5) is 0. The first-order valence-electron chi connectivity index (χ1n) is 8.04. The fourth-order valence-corrected chi connectivity index (χ4v) is 2.63. The van der Waals surface area contributed by atoms with Crippen LogP contribution in [-0.2, 0) is 0 Å². The van der Waals surface area contributed by atoms with Gasteiger partial charge in [-0.1, -0.05) is 57.9 Å². The fourth-order valence-electron chi connectivity index (χ4n) is 2.63. The van der Waals surface area contributed by atoms with Crippen LogP contribution >= 0.6 is 0 Å². The summed E-state index contributed by atoms with van der Waals surface area (Å²) in [5.41, 5.74) is 2.92. The molecule has 1 heteroatoms. The molecule has 19 heavy (non-hydrogen) atoms. The largest absolute Gasteiger partial charge is 0.310 e. The van der Waals surface area contributed by atoms with Gasteiger partial charge in [0.15, 0.2) is 0 Å². The van der Waals surface area contributed by atoms with E-state index in [9.17, 15) is 0 Å². The van der Waals surface area contributed by atoms with Gasteiger partial charge >= 0.3 is 0 Å². The Hall–Kier alpha value is -0.820. The molecule has 1 fully saturated rings. The predicted molar refractivity (Wildman–Crippen MR) is 83.5 cm³/mol. The lowest BCUT2D eigenvalue weighted by molar-refractivity contribution is 0.470. The third-order valence-corrected chi connectivity index (χ3v) is 4.21. The molecule has 1 atom stereocenters. The molecule has 1 nitrogen and oxygen atoms in total. The summed E-state index contributed by atoms with van der Waals surface area (Å²) in [6, 6.07) is 9.82. The van der Waals surface area contributed by atoms with E-state index in [0.717, 1.165) is 12.5 Å². The van der Waals surface area contributed by atoms with Crippen molar-refractivity contribution < 1.29 is 0 Å². The number of hydrogen-bond donors (Lipinski definition) is 1. The highest BCUT2D eigenvalue weighted by molar-refractivity contribution is 5.26.